The van der Waals surface area contributed by atoms with Gasteiger partial charge in [-0.2, -0.15) is 0 Å². The molecule has 4 heteroatoms. The predicted molar refractivity (Wildman–Crippen MR) is 55.1 cm³/mol. The van der Waals surface area contributed by atoms with Crippen LogP contribution < -0.4 is 5.32 Å². The molecule has 1 aliphatic heterocycles. The molecule has 0 aromatic heterocycles. The number of hydrogen-bond acceptors (Lipinski definition) is 3. The van der Waals surface area contributed by atoms with Gasteiger partial charge in [-0.05, 0) is 20.8 Å². The molecule has 1 N–H and O–H groups in total. The van der Waals surface area contributed by atoms with Crippen molar-refractivity contribution in [3.63, 3.8) is 0 Å². The maximum Gasteiger partial charge on any atom is 0.248 e. The van der Waals surface area contributed by atoms with Gasteiger partial charge in [0.1, 0.15) is 6.61 Å². The van der Waals surface area contributed by atoms with E-state index in [4.69, 9.17) is 4.74 Å². The highest BCUT2D eigenvalue weighted by Gasteiger charge is 2.22. The summed E-state index contributed by atoms with van der Waals surface area (Å²) < 4.78 is 5.29. The summed E-state index contributed by atoms with van der Waals surface area (Å²) in [5.41, 5.74) is 0. The molecule has 0 saturated carbocycles. The molecule has 1 fully saturated rings. The summed E-state index contributed by atoms with van der Waals surface area (Å²) in [5, 5.41) is 3.25. The number of carbonyl (C=O) groups excluding carboxylic acids is 1. The van der Waals surface area contributed by atoms with E-state index in [1.165, 1.54) is 0 Å². The largest absolute Gasteiger partial charge is 0.369 e. The van der Waals surface area contributed by atoms with Crippen LogP contribution in [0.1, 0.15) is 20.8 Å². The van der Waals surface area contributed by atoms with E-state index in [2.05, 4.69) is 12.2 Å². The molecule has 0 bridgehead atoms. The average molecular weight is 200 g/mol. The second kappa shape index (κ2) is 5.32. The van der Waals surface area contributed by atoms with Gasteiger partial charge in [-0.3, -0.25) is 4.79 Å². The quantitative estimate of drug-likeness (QED) is 0.709. The molecule has 1 aliphatic rings. The topological polar surface area (TPSA) is 41.6 Å². The first-order valence-corrected chi connectivity index (χ1v) is 5.23. The number of nitrogens with zero attached hydrogens (tertiary/aromatic N) is 1. The van der Waals surface area contributed by atoms with Gasteiger partial charge in [0, 0.05) is 25.7 Å². The Morgan fingerprint density at radius 3 is 2.93 bits per heavy atom. The van der Waals surface area contributed by atoms with Crippen LogP contribution in [0.2, 0.25) is 0 Å². The molecule has 1 amide bonds. The SMILES string of the molecule is CC(C)OCC(=O)N1CCNC[C@H]1C. The van der Waals surface area contributed by atoms with Gasteiger partial charge in [0.05, 0.1) is 6.10 Å². The highest BCUT2D eigenvalue weighted by atomic mass is 16.5. The van der Waals surface area contributed by atoms with Gasteiger partial charge in [-0.15, -0.1) is 0 Å². The third-order valence-electron chi connectivity index (χ3n) is 2.36. The van der Waals surface area contributed by atoms with Crippen molar-refractivity contribution in [1.82, 2.24) is 10.2 Å². The van der Waals surface area contributed by atoms with E-state index in [0.717, 1.165) is 19.6 Å². The minimum absolute atomic E-state index is 0.104. The number of rotatable bonds is 3. The van der Waals surface area contributed by atoms with Gasteiger partial charge in [-0.25, -0.2) is 0 Å². The van der Waals surface area contributed by atoms with Crippen LogP contribution >= 0.6 is 0 Å². The van der Waals surface area contributed by atoms with Crippen LogP contribution in [0.15, 0.2) is 0 Å². The Labute approximate surface area is 85.6 Å². The molecular formula is C10H20N2O2. The number of nitrogens with one attached hydrogen (secondary N) is 1. The van der Waals surface area contributed by atoms with Gasteiger partial charge in [-0.1, -0.05) is 0 Å². The molecule has 0 aromatic carbocycles. The second-order valence-electron chi connectivity index (χ2n) is 4.00. The normalized spacial score (nSPS) is 22.9. The van der Waals surface area contributed by atoms with Crippen molar-refractivity contribution < 1.29 is 9.53 Å². The fourth-order valence-corrected chi connectivity index (χ4v) is 1.53. The van der Waals surface area contributed by atoms with Crippen LogP contribution in [0.4, 0.5) is 0 Å². The van der Waals surface area contributed by atoms with Crippen LogP contribution in [0, 0.1) is 0 Å². The number of piperazine rings is 1. The van der Waals surface area contributed by atoms with E-state index in [-0.39, 0.29) is 24.7 Å². The molecule has 1 saturated heterocycles. The lowest BCUT2D eigenvalue weighted by Gasteiger charge is -2.34. The van der Waals surface area contributed by atoms with Crippen LogP contribution in [0.25, 0.3) is 0 Å². The van der Waals surface area contributed by atoms with Gasteiger partial charge in [0.15, 0.2) is 0 Å². The molecule has 0 unspecified atom stereocenters. The third kappa shape index (κ3) is 3.27. The highest BCUT2D eigenvalue weighted by molar-refractivity contribution is 5.77. The minimum atomic E-state index is 0.104. The summed E-state index contributed by atoms with van der Waals surface area (Å²) in [4.78, 5) is 13.6. The molecule has 0 spiro atoms. The molecular weight excluding hydrogens is 180 g/mol. The first-order chi connectivity index (χ1) is 6.61. The zero-order valence-electron chi connectivity index (χ0n) is 9.25. The van der Waals surface area contributed by atoms with Crippen molar-refractivity contribution >= 4 is 5.91 Å². The van der Waals surface area contributed by atoms with Crippen molar-refractivity contribution in [3.8, 4) is 0 Å². The average Bonchev–Trinajstić information content (AvgIpc) is 2.15. The lowest BCUT2D eigenvalue weighted by molar-refractivity contribution is -0.140. The van der Waals surface area contributed by atoms with Gasteiger partial charge in [0.2, 0.25) is 5.91 Å². The Morgan fingerprint density at radius 1 is 1.64 bits per heavy atom. The first kappa shape index (κ1) is 11.5. The van der Waals surface area contributed by atoms with Crippen molar-refractivity contribution in [2.75, 3.05) is 26.2 Å². The van der Waals surface area contributed by atoms with Crippen molar-refractivity contribution in [2.24, 2.45) is 0 Å². The molecule has 0 aromatic rings. The Bertz CT molecular complexity index is 195. The summed E-state index contributed by atoms with van der Waals surface area (Å²) in [7, 11) is 0. The Hall–Kier alpha value is -0.610. The van der Waals surface area contributed by atoms with Crippen LogP contribution in [-0.4, -0.2) is 49.2 Å². The Morgan fingerprint density at radius 2 is 2.36 bits per heavy atom. The number of carbonyl (C=O) groups is 1. The maximum absolute atomic E-state index is 11.7. The van der Waals surface area contributed by atoms with Gasteiger partial charge in [0.25, 0.3) is 0 Å². The molecule has 1 atom stereocenters. The van der Waals surface area contributed by atoms with Crippen molar-refractivity contribution in [2.45, 2.75) is 32.9 Å². The molecule has 14 heavy (non-hydrogen) atoms. The molecule has 82 valence electrons. The number of hydrogen-bond donors (Lipinski definition) is 1. The van der Waals surface area contributed by atoms with E-state index in [0.29, 0.717) is 0 Å². The van der Waals surface area contributed by atoms with Crippen LogP contribution in [0.5, 0.6) is 0 Å². The zero-order chi connectivity index (χ0) is 10.6. The lowest BCUT2D eigenvalue weighted by Crippen LogP contribution is -2.53. The Kier molecular flexibility index (Phi) is 4.35. The van der Waals surface area contributed by atoms with Crippen molar-refractivity contribution in [1.29, 1.82) is 0 Å². The highest BCUT2D eigenvalue weighted by Crippen LogP contribution is 2.03. The predicted octanol–water partition coefficient (Wildman–Crippen LogP) is 0.232. The third-order valence-corrected chi connectivity index (χ3v) is 2.36. The van der Waals surface area contributed by atoms with Crippen LogP contribution in [0.3, 0.4) is 0 Å². The molecule has 1 rings (SSSR count). The standard InChI is InChI=1S/C10H20N2O2/c1-8(2)14-7-10(13)12-5-4-11-6-9(12)3/h8-9,11H,4-7H2,1-3H3/t9-/m1/s1. The first-order valence-electron chi connectivity index (χ1n) is 5.23. The van der Waals surface area contributed by atoms with E-state index < -0.39 is 0 Å². The molecule has 0 radical (unpaired) electrons. The monoisotopic (exact) mass is 200 g/mol. The molecule has 4 nitrogen and oxygen atoms in total. The fraction of sp³-hybridized carbons (Fsp3) is 0.900. The van der Waals surface area contributed by atoms with E-state index in [1.54, 1.807) is 0 Å². The summed E-state index contributed by atoms with van der Waals surface area (Å²) in [6.07, 6.45) is 0.122. The van der Waals surface area contributed by atoms with E-state index in [1.807, 2.05) is 18.7 Å². The second-order valence-corrected chi connectivity index (χ2v) is 4.00. The Balaban J connectivity index is 2.34. The molecule has 0 aliphatic carbocycles. The number of ether oxygens (including phenoxy) is 1. The summed E-state index contributed by atoms with van der Waals surface area (Å²) in [6, 6.07) is 0.284. The van der Waals surface area contributed by atoms with E-state index in [9.17, 15) is 4.79 Å². The zero-order valence-corrected chi connectivity index (χ0v) is 9.25. The lowest BCUT2D eigenvalue weighted by atomic mass is 10.2. The van der Waals surface area contributed by atoms with Gasteiger partial charge >= 0.3 is 0 Å². The van der Waals surface area contributed by atoms with Crippen molar-refractivity contribution in [3.05, 3.63) is 0 Å². The minimum Gasteiger partial charge on any atom is -0.369 e. The smallest absolute Gasteiger partial charge is 0.248 e. The fourth-order valence-electron chi connectivity index (χ4n) is 1.53. The molecule has 1 heterocycles. The van der Waals surface area contributed by atoms with Crippen LogP contribution in [-0.2, 0) is 9.53 Å². The van der Waals surface area contributed by atoms with Gasteiger partial charge < -0.3 is 15.0 Å². The maximum atomic E-state index is 11.7. The number of amides is 1. The summed E-state index contributed by atoms with van der Waals surface area (Å²) >= 11 is 0. The summed E-state index contributed by atoms with van der Waals surface area (Å²) in [5.74, 6) is 0.104. The summed E-state index contributed by atoms with van der Waals surface area (Å²) in [6.45, 7) is 8.71. The van der Waals surface area contributed by atoms with E-state index >= 15 is 0 Å².